The fourth-order valence-corrected chi connectivity index (χ4v) is 2.28. The van der Waals surface area contributed by atoms with Gasteiger partial charge in [0.05, 0.1) is 6.42 Å². The van der Waals surface area contributed by atoms with Gasteiger partial charge in [0, 0.05) is 12.1 Å². The largest absolute Gasteiger partial charge is 1.00 e. The Morgan fingerprint density at radius 2 is 1.30 bits per heavy atom. The summed E-state index contributed by atoms with van der Waals surface area (Å²) >= 11 is 0. The van der Waals surface area contributed by atoms with Crippen molar-refractivity contribution in [1.82, 2.24) is 0 Å². The molecule has 0 unspecified atom stereocenters. The van der Waals surface area contributed by atoms with Crippen molar-refractivity contribution < 1.29 is 26.3 Å². The van der Waals surface area contributed by atoms with E-state index in [0.717, 1.165) is 6.42 Å². The molecule has 0 aliphatic rings. The SMILES string of the molecule is CCCCCCCCCCCC(=O)[n+]1ccccc1.[Br-]. The molecule has 1 aromatic heterocycles. The van der Waals surface area contributed by atoms with Crippen molar-refractivity contribution >= 4 is 5.91 Å². The topological polar surface area (TPSA) is 20.9 Å². The Bertz CT molecular complexity index is 340. The van der Waals surface area contributed by atoms with Gasteiger partial charge in [0.25, 0.3) is 0 Å². The van der Waals surface area contributed by atoms with E-state index in [2.05, 4.69) is 6.92 Å². The summed E-state index contributed by atoms with van der Waals surface area (Å²) in [4.78, 5) is 11.8. The Morgan fingerprint density at radius 3 is 1.85 bits per heavy atom. The van der Waals surface area contributed by atoms with E-state index in [4.69, 9.17) is 0 Å². The third kappa shape index (κ3) is 9.24. The van der Waals surface area contributed by atoms with Gasteiger partial charge in [-0.2, -0.15) is 0 Å². The second-order valence-electron chi connectivity index (χ2n) is 5.25. The number of hydrogen-bond acceptors (Lipinski definition) is 1. The lowest BCUT2D eigenvalue weighted by Crippen LogP contribution is -3.00. The number of rotatable bonds is 10. The molecule has 1 rings (SSSR count). The Balaban J connectivity index is 0.00000361. The molecule has 0 radical (unpaired) electrons. The van der Waals surface area contributed by atoms with Crippen LogP contribution >= 0.6 is 0 Å². The molecule has 20 heavy (non-hydrogen) atoms. The highest BCUT2D eigenvalue weighted by atomic mass is 79.9. The van der Waals surface area contributed by atoms with Crippen LogP contribution in [0.15, 0.2) is 30.6 Å². The van der Waals surface area contributed by atoms with Crippen LogP contribution in [-0.2, 0) is 0 Å². The molecule has 0 N–H and O–H groups in total. The standard InChI is InChI=1S/C17H28NO.BrH/c1-2-3-4-5-6-7-8-9-11-14-17(19)18-15-12-10-13-16-18;/h10,12-13,15-16H,2-9,11,14H2,1H3;1H/q+1;/p-1. The van der Waals surface area contributed by atoms with Crippen LogP contribution in [0.5, 0.6) is 0 Å². The lowest BCUT2D eigenvalue weighted by molar-refractivity contribution is -0.574. The molecule has 0 spiro atoms. The van der Waals surface area contributed by atoms with Crippen molar-refractivity contribution in [2.75, 3.05) is 0 Å². The average Bonchev–Trinajstić information content (AvgIpc) is 2.46. The molecule has 0 fully saturated rings. The summed E-state index contributed by atoms with van der Waals surface area (Å²) in [5.74, 6) is 0.212. The molecule has 0 saturated heterocycles. The van der Waals surface area contributed by atoms with Crippen LogP contribution in [-0.4, -0.2) is 5.91 Å². The molecular formula is C17H28BrNO. The molecule has 0 bridgehead atoms. The highest BCUT2D eigenvalue weighted by molar-refractivity contribution is 5.66. The minimum absolute atomic E-state index is 0. The number of nitrogens with zero attached hydrogens (tertiary/aromatic N) is 1. The fourth-order valence-electron chi connectivity index (χ4n) is 2.28. The normalized spacial score (nSPS) is 10.1. The highest BCUT2D eigenvalue weighted by Crippen LogP contribution is 2.10. The molecule has 1 heterocycles. The van der Waals surface area contributed by atoms with Crippen LogP contribution in [0.3, 0.4) is 0 Å². The minimum Gasteiger partial charge on any atom is -1.00 e. The van der Waals surface area contributed by atoms with Crippen molar-refractivity contribution in [2.24, 2.45) is 0 Å². The van der Waals surface area contributed by atoms with Gasteiger partial charge in [0.15, 0.2) is 12.4 Å². The summed E-state index contributed by atoms with van der Waals surface area (Å²) in [7, 11) is 0. The summed E-state index contributed by atoms with van der Waals surface area (Å²) < 4.78 is 1.69. The summed E-state index contributed by atoms with van der Waals surface area (Å²) in [6.45, 7) is 2.25. The van der Waals surface area contributed by atoms with Crippen molar-refractivity contribution in [1.29, 1.82) is 0 Å². The zero-order chi connectivity index (χ0) is 13.8. The van der Waals surface area contributed by atoms with Gasteiger partial charge in [0.2, 0.25) is 0 Å². The van der Waals surface area contributed by atoms with E-state index < -0.39 is 0 Å². The highest BCUT2D eigenvalue weighted by Gasteiger charge is 2.11. The maximum atomic E-state index is 11.8. The van der Waals surface area contributed by atoms with Gasteiger partial charge in [0.1, 0.15) is 0 Å². The van der Waals surface area contributed by atoms with Gasteiger partial charge < -0.3 is 17.0 Å². The lowest BCUT2D eigenvalue weighted by Gasteiger charge is -2.00. The number of hydrogen-bond donors (Lipinski definition) is 0. The van der Waals surface area contributed by atoms with Crippen LogP contribution in [0, 0.1) is 0 Å². The van der Waals surface area contributed by atoms with Crippen molar-refractivity contribution in [3.8, 4) is 0 Å². The number of carbonyl (C=O) groups excluding carboxylic acids is 1. The second kappa shape index (κ2) is 13.3. The van der Waals surface area contributed by atoms with E-state index in [0.29, 0.717) is 6.42 Å². The van der Waals surface area contributed by atoms with Crippen molar-refractivity contribution in [3.05, 3.63) is 30.6 Å². The second-order valence-corrected chi connectivity index (χ2v) is 5.25. The van der Waals surface area contributed by atoms with Gasteiger partial charge in [-0.25, -0.2) is 4.79 Å². The summed E-state index contributed by atoms with van der Waals surface area (Å²) in [5.41, 5.74) is 0. The Kier molecular flexibility index (Phi) is 12.8. The predicted molar refractivity (Wildman–Crippen MR) is 79.1 cm³/mol. The van der Waals surface area contributed by atoms with Crippen molar-refractivity contribution in [2.45, 2.75) is 71.1 Å². The number of carbonyl (C=O) groups is 1. The zero-order valence-electron chi connectivity index (χ0n) is 12.7. The van der Waals surface area contributed by atoms with Crippen LogP contribution in [0.2, 0.25) is 0 Å². The van der Waals surface area contributed by atoms with Crippen molar-refractivity contribution in [3.63, 3.8) is 0 Å². The lowest BCUT2D eigenvalue weighted by atomic mass is 10.1. The third-order valence-corrected chi connectivity index (χ3v) is 3.50. The van der Waals surface area contributed by atoms with E-state index in [9.17, 15) is 4.79 Å². The Hall–Kier alpha value is -0.700. The van der Waals surface area contributed by atoms with Gasteiger partial charge >= 0.3 is 5.91 Å². The predicted octanol–water partition coefficient (Wildman–Crippen LogP) is 1.54. The average molecular weight is 342 g/mol. The van der Waals surface area contributed by atoms with Crippen LogP contribution in [0.1, 0.15) is 75.9 Å². The number of pyridine rings is 1. The van der Waals surface area contributed by atoms with Crippen LogP contribution < -0.4 is 21.5 Å². The zero-order valence-corrected chi connectivity index (χ0v) is 14.3. The quantitative estimate of drug-likeness (QED) is 0.467. The third-order valence-electron chi connectivity index (χ3n) is 3.50. The van der Waals surface area contributed by atoms with E-state index >= 15 is 0 Å². The molecule has 0 aromatic carbocycles. The smallest absolute Gasteiger partial charge is 0.392 e. The summed E-state index contributed by atoms with van der Waals surface area (Å²) in [5, 5.41) is 0. The van der Waals surface area contributed by atoms with Gasteiger partial charge in [-0.15, -0.1) is 4.57 Å². The minimum atomic E-state index is 0. The number of aromatic nitrogens is 1. The molecule has 0 atom stereocenters. The molecule has 2 nitrogen and oxygen atoms in total. The van der Waals surface area contributed by atoms with Crippen LogP contribution in [0.4, 0.5) is 0 Å². The van der Waals surface area contributed by atoms with Gasteiger partial charge in [-0.3, -0.25) is 0 Å². The first-order valence-electron chi connectivity index (χ1n) is 7.84. The molecule has 0 amide bonds. The summed E-state index contributed by atoms with van der Waals surface area (Å²) in [6.07, 6.45) is 16.0. The maximum absolute atomic E-state index is 11.8. The molecule has 0 aliphatic heterocycles. The maximum Gasteiger partial charge on any atom is 0.392 e. The Morgan fingerprint density at radius 1 is 0.800 bits per heavy atom. The molecule has 3 heteroatoms. The monoisotopic (exact) mass is 341 g/mol. The first-order valence-corrected chi connectivity index (χ1v) is 7.84. The molecule has 1 aromatic rings. The van der Waals surface area contributed by atoms with E-state index in [1.807, 2.05) is 30.6 Å². The van der Waals surface area contributed by atoms with E-state index in [-0.39, 0.29) is 22.9 Å². The Labute approximate surface area is 134 Å². The first-order chi connectivity index (χ1) is 9.34. The van der Waals surface area contributed by atoms with Gasteiger partial charge in [-0.1, -0.05) is 64.4 Å². The van der Waals surface area contributed by atoms with E-state index in [1.165, 1.54) is 51.4 Å². The first kappa shape index (κ1) is 19.3. The van der Waals surface area contributed by atoms with Crippen LogP contribution in [0.25, 0.3) is 0 Å². The van der Waals surface area contributed by atoms with Gasteiger partial charge in [-0.05, 0) is 6.42 Å². The van der Waals surface area contributed by atoms with E-state index in [1.54, 1.807) is 4.57 Å². The fraction of sp³-hybridized carbons (Fsp3) is 0.647. The number of halogens is 1. The molecule has 114 valence electrons. The molecule has 0 aliphatic carbocycles. The number of unbranched alkanes of at least 4 members (excludes halogenated alkanes) is 8. The summed E-state index contributed by atoms with van der Waals surface area (Å²) in [6, 6.07) is 5.73. The molecular weight excluding hydrogens is 314 g/mol. The molecule has 0 saturated carbocycles.